The molecule has 0 fully saturated rings. The molecule has 16 heavy (non-hydrogen) atoms. The highest BCUT2D eigenvalue weighted by Gasteiger charge is 2.09. The van der Waals surface area contributed by atoms with Gasteiger partial charge in [-0.25, -0.2) is 4.21 Å². The Bertz CT molecular complexity index is 532. The molecule has 1 aromatic carbocycles. The summed E-state index contributed by atoms with van der Waals surface area (Å²) in [4.78, 5) is 0. The van der Waals surface area contributed by atoms with Crippen LogP contribution in [0.15, 0.2) is 28.7 Å². The van der Waals surface area contributed by atoms with Crippen LogP contribution in [0.2, 0.25) is 0 Å². The lowest BCUT2D eigenvalue weighted by Crippen LogP contribution is -2.00. The maximum Gasteiger partial charge on any atom is 0.261 e. The van der Waals surface area contributed by atoms with E-state index >= 15 is 0 Å². The van der Waals surface area contributed by atoms with Crippen LogP contribution in [0.1, 0.15) is 0 Å². The first-order chi connectivity index (χ1) is 7.66. The number of nitrogens with one attached hydrogen (secondary N) is 1. The van der Waals surface area contributed by atoms with Gasteiger partial charge in [0, 0.05) is 10.0 Å². The van der Waals surface area contributed by atoms with Gasteiger partial charge in [-0.2, -0.15) is 0 Å². The summed E-state index contributed by atoms with van der Waals surface area (Å²) in [5.74, 6) is 0. The predicted molar refractivity (Wildman–Crippen MR) is 67.4 cm³/mol. The molecule has 0 radical (unpaired) electrons. The lowest BCUT2D eigenvalue weighted by atomic mass is 10.2. The minimum Gasteiger partial charge on any atom is -0.289 e. The van der Waals surface area contributed by atoms with Crippen LogP contribution in [0.25, 0.3) is 10.6 Å². The van der Waals surface area contributed by atoms with Crippen LogP contribution >= 0.6 is 27.3 Å². The summed E-state index contributed by atoms with van der Waals surface area (Å²) >= 11 is 2.50. The normalized spacial score (nSPS) is 12.4. The smallest absolute Gasteiger partial charge is 0.261 e. The molecule has 0 spiro atoms. The van der Waals surface area contributed by atoms with E-state index in [1.54, 1.807) is 0 Å². The van der Waals surface area contributed by atoms with Crippen LogP contribution in [0.5, 0.6) is 0 Å². The lowest BCUT2D eigenvalue weighted by Gasteiger charge is -1.97. The van der Waals surface area contributed by atoms with Gasteiger partial charge in [0.2, 0.25) is 5.13 Å². The van der Waals surface area contributed by atoms with E-state index in [1.807, 2.05) is 24.3 Å². The molecule has 2 N–H and O–H groups in total. The second kappa shape index (κ2) is 5.00. The van der Waals surface area contributed by atoms with E-state index in [2.05, 4.69) is 30.8 Å². The molecule has 84 valence electrons. The van der Waals surface area contributed by atoms with Crippen molar-refractivity contribution in [3.8, 4) is 10.6 Å². The average Bonchev–Trinajstić information content (AvgIpc) is 2.66. The van der Waals surface area contributed by atoms with Gasteiger partial charge >= 0.3 is 0 Å². The molecule has 0 aliphatic carbocycles. The van der Waals surface area contributed by atoms with Crippen LogP contribution in [0.3, 0.4) is 0 Å². The number of aromatic nitrogens is 2. The predicted octanol–water partition coefficient (Wildman–Crippen LogP) is 2.52. The van der Waals surface area contributed by atoms with E-state index < -0.39 is 11.3 Å². The van der Waals surface area contributed by atoms with Crippen molar-refractivity contribution in [3.05, 3.63) is 28.7 Å². The average molecular weight is 320 g/mol. The van der Waals surface area contributed by atoms with Crippen molar-refractivity contribution in [1.82, 2.24) is 10.2 Å². The van der Waals surface area contributed by atoms with Gasteiger partial charge in [-0.3, -0.25) is 9.27 Å². The SMILES string of the molecule is O=S(O)Nc1nnc(-c2ccccc2Br)s1. The molecule has 0 bridgehead atoms. The largest absolute Gasteiger partial charge is 0.289 e. The standard InChI is InChI=1S/C8H6BrN3O2S2/c9-6-4-2-1-3-5(6)7-10-11-8(15-7)12-16(13)14/h1-4H,(H,11,12)(H,13,14). The van der Waals surface area contributed by atoms with Crippen LogP contribution in [0, 0.1) is 0 Å². The van der Waals surface area contributed by atoms with Gasteiger partial charge in [0.05, 0.1) is 0 Å². The Balaban J connectivity index is 2.32. The molecule has 2 rings (SSSR count). The van der Waals surface area contributed by atoms with Crippen molar-refractivity contribution < 1.29 is 8.76 Å². The van der Waals surface area contributed by atoms with Gasteiger partial charge < -0.3 is 0 Å². The molecule has 2 aromatic rings. The van der Waals surface area contributed by atoms with Gasteiger partial charge in [-0.1, -0.05) is 45.5 Å². The summed E-state index contributed by atoms with van der Waals surface area (Å²) in [6, 6.07) is 7.58. The van der Waals surface area contributed by atoms with Crippen LogP contribution in [-0.2, 0) is 11.3 Å². The monoisotopic (exact) mass is 319 g/mol. The highest BCUT2D eigenvalue weighted by molar-refractivity contribution is 9.10. The minimum absolute atomic E-state index is 0.312. The van der Waals surface area contributed by atoms with Crippen molar-refractivity contribution in [2.45, 2.75) is 0 Å². The molecule has 1 atom stereocenters. The molecule has 1 aromatic heterocycles. The van der Waals surface area contributed by atoms with Crippen molar-refractivity contribution in [2.24, 2.45) is 0 Å². The number of hydrogen-bond acceptors (Lipinski definition) is 4. The first-order valence-electron chi connectivity index (χ1n) is 4.13. The summed E-state index contributed by atoms with van der Waals surface area (Å²) in [5.41, 5.74) is 0.900. The van der Waals surface area contributed by atoms with Crippen LogP contribution in [-0.4, -0.2) is 19.0 Å². The Morgan fingerprint density at radius 1 is 1.38 bits per heavy atom. The summed E-state index contributed by atoms with van der Waals surface area (Å²) in [6.07, 6.45) is 0. The molecule has 0 aliphatic heterocycles. The van der Waals surface area contributed by atoms with Crippen molar-refractivity contribution >= 4 is 43.7 Å². The maximum atomic E-state index is 10.5. The highest BCUT2D eigenvalue weighted by atomic mass is 79.9. The van der Waals surface area contributed by atoms with E-state index in [9.17, 15) is 4.21 Å². The van der Waals surface area contributed by atoms with Crippen molar-refractivity contribution in [1.29, 1.82) is 0 Å². The number of anilines is 1. The second-order valence-corrected chi connectivity index (χ2v) is 5.28. The molecule has 0 amide bonds. The van der Waals surface area contributed by atoms with E-state index in [-0.39, 0.29) is 0 Å². The minimum atomic E-state index is -2.12. The second-order valence-electron chi connectivity index (χ2n) is 2.74. The summed E-state index contributed by atoms with van der Waals surface area (Å²) in [7, 11) is 0. The van der Waals surface area contributed by atoms with Gasteiger partial charge in [0.15, 0.2) is 5.01 Å². The van der Waals surface area contributed by atoms with E-state index in [4.69, 9.17) is 4.55 Å². The number of halogens is 1. The summed E-state index contributed by atoms with van der Waals surface area (Å²) < 4.78 is 22.3. The number of benzene rings is 1. The van der Waals surface area contributed by atoms with Gasteiger partial charge in [-0.05, 0) is 6.07 Å². The number of hydrogen-bond donors (Lipinski definition) is 2. The fourth-order valence-corrected chi connectivity index (χ4v) is 2.89. The maximum absolute atomic E-state index is 10.5. The Hall–Kier alpha value is -0.830. The highest BCUT2D eigenvalue weighted by Crippen LogP contribution is 2.31. The first kappa shape index (κ1) is 11.6. The van der Waals surface area contributed by atoms with Gasteiger partial charge in [0.1, 0.15) is 0 Å². The van der Waals surface area contributed by atoms with Crippen LogP contribution in [0.4, 0.5) is 5.13 Å². The fraction of sp³-hybridized carbons (Fsp3) is 0. The Morgan fingerprint density at radius 3 is 2.81 bits per heavy atom. The zero-order chi connectivity index (χ0) is 11.5. The molecule has 0 saturated carbocycles. The third kappa shape index (κ3) is 2.64. The van der Waals surface area contributed by atoms with Crippen LogP contribution < -0.4 is 4.72 Å². The summed E-state index contributed by atoms with van der Waals surface area (Å²) in [6.45, 7) is 0. The Kier molecular flexibility index (Phi) is 3.64. The fourth-order valence-electron chi connectivity index (χ4n) is 1.08. The molecule has 1 unspecified atom stereocenters. The van der Waals surface area contributed by atoms with Crippen molar-refractivity contribution in [2.75, 3.05) is 4.72 Å². The molecular formula is C8H6BrN3O2S2. The Morgan fingerprint density at radius 2 is 2.12 bits per heavy atom. The molecule has 1 heterocycles. The number of nitrogens with zero attached hydrogens (tertiary/aromatic N) is 2. The quantitative estimate of drug-likeness (QED) is 0.852. The molecule has 0 saturated heterocycles. The van der Waals surface area contributed by atoms with E-state index in [0.29, 0.717) is 10.1 Å². The lowest BCUT2D eigenvalue weighted by molar-refractivity contribution is 0.570. The Labute approximate surface area is 106 Å². The third-order valence-electron chi connectivity index (χ3n) is 1.70. The third-order valence-corrected chi connectivity index (χ3v) is 3.76. The summed E-state index contributed by atoms with van der Waals surface area (Å²) in [5, 5.41) is 8.68. The number of rotatable bonds is 3. The van der Waals surface area contributed by atoms with E-state index in [1.165, 1.54) is 11.3 Å². The zero-order valence-electron chi connectivity index (χ0n) is 7.75. The molecule has 5 nitrogen and oxygen atoms in total. The first-order valence-corrected chi connectivity index (χ1v) is 6.84. The zero-order valence-corrected chi connectivity index (χ0v) is 11.0. The topological polar surface area (TPSA) is 75.1 Å². The molecule has 8 heteroatoms. The molecule has 0 aliphatic rings. The van der Waals surface area contributed by atoms with E-state index in [0.717, 1.165) is 10.0 Å². The van der Waals surface area contributed by atoms with Gasteiger partial charge in [0.25, 0.3) is 11.3 Å². The molecular weight excluding hydrogens is 314 g/mol. The van der Waals surface area contributed by atoms with Crippen molar-refractivity contribution in [3.63, 3.8) is 0 Å². The van der Waals surface area contributed by atoms with Gasteiger partial charge in [-0.15, -0.1) is 10.2 Å².